The average Bonchev–Trinajstić information content (AvgIpc) is 3.26. The molecule has 9 aromatic carbocycles. The number of hydrogen-bond acceptors (Lipinski definition) is 1. The lowest BCUT2D eigenvalue weighted by molar-refractivity contribution is 1.29. The predicted molar refractivity (Wildman–Crippen MR) is 233 cm³/mol. The first kappa shape index (κ1) is 33.1. The lowest BCUT2D eigenvalue weighted by Crippen LogP contribution is -2.74. The molecule has 0 amide bonds. The van der Waals surface area contributed by atoms with Crippen LogP contribution in [0.15, 0.2) is 237 Å². The standard InChI is InChI=1S/C52H39NSi/c1-5-15-40(16-6-1)42-25-32-46(33-26-42)53(48-36-29-41-17-13-14-18-45(41)39-48)47-34-27-43(28-35-47)44-30-37-52(38-31-44)54(49-19-7-2-8-20-49,50-21-9-3-10-22-50)51-23-11-4-12-24-51/h1-39H. The Morgan fingerprint density at radius 1 is 0.241 bits per heavy atom. The summed E-state index contributed by atoms with van der Waals surface area (Å²) in [5.41, 5.74) is 8.17. The van der Waals surface area contributed by atoms with E-state index in [2.05, 4.69) is 241 Å². The molecule has 0 saturated carbocycles. The molecule has 0 unspecified atom stereocenters. The van der Waals surface area contributed by atoms with Crippen molar-refractivity contribution in [3.8, 4) is 22.3 Å². The Hall–Kier alpha value is -6.74. The molecular weight excluding hydrogens is 667 g/mol. The van der Waals surface area contributed by atoms with Gasteiger partial charge in [-0.2, -0.15) is 0 Å². The maximum Gasteiger partial charge on any atom is 0.179 e. The fraction of sp³-hybridized carbons (Fsp3) is 0. The Morgan fingerprint density at radius 3 is 1.04 bits per heavy atom. The first-order valence-corrected chi connectivity index (χ1v) is 20.6. The number of benzene rings is 9. The van der Waals surface area contributed by atoms with Gasteiger partial charge in [0.1, 0.15) is 0 Å². The molecule has 9 aromatic rings. The van der Waals surface area contributed by atoms with Crippen LogP contribution >= 0.6 is 0 Å². The zero-order valence-electron chi connectivity index (χ0n) is 30.0. The zero-order valence-corrected chi connectivity index (χ0v) is 31.0. The van der Waals surface area contributed by atoms with Crippen LogP contribution in [-0.2, 0) is 0 Å². The van der Waals surface area contributed by atoms with Gasteiger partial charge < -0.3 is 4.90 Å². The summed E-state index contributed by atoms with van der Waals surface area (Å²) < 4.78 is 0. The largest absolute Gasteiger partial charge is 0.310 e. The average molecular weight is 706 g/mol. The molecule has 1 nitrogen and oxygen atoms in total. The smallest absolute Gasteiger partial charge is 0.179 e. The SMILES string of the molecule is c1ccc(-c2ccc(N(c3ccc(-c4ccc([Si](c5ccccc5)(c5ccccc5)c5ccccc5)cc4)cc3)c3ccc4ccccc4c3)cc2)cc1. The van der Waals surface area contributed by atoms with E-state index < -0.39 is 8.07 Å². The molecule has 0 fully saturated rings. The van der Waals surface area contributed by atoms with Crippen LogP contribution in [0.4, 0.5) is 17.1 Å². The lowest BCUT2D eigenvalue weighted by Gasteiger charge is -2.34. The van der Waals surface area contributed by atoms with Crippen LogP contribution in [0.2, 0.25) is 0 Å². The van der Waals surface area contributed by atoms with Crippen LogP contribution in [0.25, 0.3) is 33.0 Å². The number of fused-ring (bicyclic) bond motifs is 1. The molecule has 0 bridgehead atoms. The van der Waals surface area contributed by atoms with Crippen molar-refractivity contribution in [2.24, 2.45) is 0 Å². The van der Waals surface area contributed by atoms with Gasteiger partial charge in [0.25, 0.3) is 0 Å². The van der Waals surface area contributed by atoms with Crippen molar-refractivity contribution < 1.29 is 0 Å². The molecule has 0 heterocycles. The third-order valence-electron chi connectivity index (χ3n) is 10.6. The van der Waals surface area contributed by atoms with E-state index in [1.165, 1.54) is 53.8 Å². The van der Waals surface area contributed by atoms with Gasteiger partial charge in [-0.15, -0.1) is 0 Å². The minimum Gasteiger partial charge on any atom is -0.310 e. The van der Waals surface area contributed by atoms with E-state index in [9.17, 15) is 0 Å². The molecule has 256 valence electrons. The van der Waals surface area contributed by atoms with Gasteiger partial charge >= 0.3 is 0 Å². The van der Waals surface area contributed by atoms with Crippen molar-refractivity contribution in [3.05, 3.63) is 237 Å². The summed E-state index contributed by atoms with van der Waals surface area (Å²) in [6.07, 6.45) is 0. The van der Waals surface area contributed by atoms with Gasteiger partial charge in [0, 0.05) is 17.1 Å². The van der Waals surface area contributed by atoms with Gasteiger partial charge in [-0.3, -0.25) is 0 Å². The van der Waals surface area contributed by atoms with Gasteiger partial charge in [-0.1, -0.05) is 200 Å². The summed E-state index contributed by atoms with van der Waals surface area (Å²) in [6.45, 7) is 0. The van der Waals surface area contributed by atoms with E-state index in [0.717, 1.165) is 17.1 Å². The molecule has 0 N–H and O–H groups in total. The Labute approximate surface area is 319 Å². The highest BCUT2D eigenvalue weighted by Crippen LogP contribution is 2.38. The van der Waals surface area contributed by atoms with Gasteiger partial charge in [0.15, 0.2) is 8.07 Å². The number of rotatable bonds is 9. The second kappa shape index (κ2) is 14.7. The molecule has 0 aliphatic heterocycles. The van der Waals surface area contributed by atoms with E-state index in [0.29, 0.717) is 0 Å². The van der Waals surface area contributed by atoms with Crippen LogP contribution in [0.1, 0.15) is 0 Å². The summed E-state index contributed by atoms with van der Waals surface area (Å²) in [4.78, 5) is 2.35. The molecule has 0 atom stereocenters. The first-order valence-electron chi connectivity index (χ1n) is 18.6. The monoisotopic (exact) mass is 705 g/mol. The maximum atomic E-state index is 2.37. The summed E-state index contributed by atoms with van der Waals surface area (Å²) >= 11 is 0. The molecule has 0 aliphatic rings. The summed E-state index contributed by atoms with van der Waals surface area (Å²) in [5.74, 6) is 0. The van der Waals surface area contributed by atoms with Crippen LogP contribution < -0.4 is 25.6 Å². The topological polar surface area (TPSA) is 3.24 Å². The van der Waals surface area contributed by atoms with Gasteiger partial charge in [0.05, 0.1) is 0 Å². The van der Waals surface area contributed by atoms with E-state index in [4.69, 9.17) is 0 Å². The second-order valence-corrected chi connectivity index (χ2v) is 17.6. The predicted octanol–water partition coefficient (Wildman–Crippen LogP) is 11.0. The van der Waals surface area contributed by atoms with E-state index in [1.807, 2.05) is 0 Å². The molecule has 0 saturated heterocycles. The Bertz CT molecular complexity index is 2510. The normalized spacial score (nSPS) is 11.3. The van der Waals surface area contributed by atoms with Gasteiger partial charge in [-0.05, 0) is 90.2 Å². The number of anilines is 3. The van der Waals surface area contributed by atoms with Crippen molar-refractivity contribution in [2.45, 2.75) is 0 Å². The molecule has 54 heavy (non-hydrogen) atoms. The Kier molecular flexibility index (Phi) is 9.02. The van der Waals surface area contributed by atoms with Crippen LogP contribution in [-0.4, -0.2) is 8.07 Å². The van der Waals surface area contributed by atoms with Crippen LogP contribution in [0.3, 0.4) is 0 Å². The molecular formula is C52H39NSi. The van der Waals surface area contributed by atoms with E-state index in [-0.39, 0.29) is 0 Å². The van der Waals surface area contributed by atoms with E-state index in [1.54, 1.807) is 0 Å². The Morgan fingerprint density at radius 2 is 0.574 bits per heavy atom. The molecule has 0 aliphatic carbocycles. The fourth-order valence-corrected chi connectivity index (χ4v) is 12.7. The minimum absolute atomic E-state index is 1.11. The van der Waals surface area contributed by atoms with E-state index >= 15 is 0 Å². The van der Waals surface area contributed by atoms with Crippen LogP contribution in [0, 0.1) is 0 Å². The van der Waals surface area contributed by atoms with Crippen LogP contribution in [0.5, 0.6) is 0 Å². The number of hydrogen-bond donors (Lipinski definition) is 0. The highest BCUT2D eigenvalue weighted by Gasteiger charge is 2.41. The molecule has 0 spiro atoms. The minimum atomic E-state index is -2.57. The second-order valence-electron chi connectivity index (χ2n) is 13.8. The third-order valence-corrected chi connectivity index (χ3v) is 15.4. The summed E-state index contributed by atoms with van der Waals surface area (Å²) in [7, 11) is -2.57. The van der Waals surface area contributed by atoms with Gasteiger partial charge in [0.2, 0.25) is 0 Å². The molecule has 0 aromatic heterocycles. The Balaban J connectivity index is 1.10. The molecule has 2 heteroatoms. The fourth-order valence-electron chi connectivity index (χ4n) is 7.98. The third kappa shape index (κ3) is 6.23. The van der Waals surface area contributed by atoms with Gasteiger partial charge in [-0.25, -0.2) is 0 Å². The van der Waals surface area contributed by atoms with Crippen molar-refractivity contribution >= 4 is 56.7 Å². The zero-order chi connectivity index (χ0) is 36.2. The first-order chi connectivity index (χ1) is 26.8. The lowest BCUT2D eigenvalue weighted by atomic mass is 10.0. The highest BCUT2D eigenvalue weighted by molar-refractivity contribution is 7.19. The summed E-state index contributed by atoms with van der Waals surface area (Å²) in [5, 5.41) is 7.96. The maximum absolute atomic E-state index is 2.57. The molecule has 0 radical (unpaired) electrons. The summed E-state index contributed by atoms with van der Waals surface area (Å²) in [6, 6.07) is 86.5. The van der Waals surface area contributed by atoms with Crippen molar-refractivity contribution in [3.63, 3.8) is 0 Å². The van der Waals surface area contributed by atoms with Crippen molar-refractivity contribution in [1.82, 2.24) is 0 Å². The molecule has 9 rings (SSSR count). The van der Waals surface area contributed by atoms with Crippen molar-refractivity contribution in [1.29, 1.82) is 0 Å². The number of nitrogens with zero attached hydrogens (tertiary/aromatic N) is 1. The highest BCUT2D eigenvalue weighted by atomic mass is 28.3. The van der Waals surface area contributed by atoms with Crippen molar-refractivity contribution in [2.75, 3.05) is 4.90 Å². The quantitative estimate of drug-likeness (QED) is 0.107.